The highest BCUT2D eigenvalue weighted by atomic mass is 16.2. The Morgan fingerprint density at radius 1 is 1.26 bits per heavy atom. The van der Waals surface area contributed by atoms with Gasteiger partial charge >= 0.3 is 0 Å². The quantitative estimate of drug-likeness (QED) is 0.789. The molecule has 0 bridgehead atoms. The normalized spacial score (nSPS) is 14.0. The van der Waals surface area contributed by atoms with Gasteiger partial charge in [-0.05, 0) is 41.8 Å². The summed E-state index contributed by atoms with van der Waals surface area (Å²) in [5, 5.41) is 0. The Morgan fingerprint density at radius 2 is 2.16 bits per heavy atom. The molecule has 0 fully saturated rings. The van der Waals surface area contributed by atoms with Gasteiger partial charge in [-0.1, -0.05) is 6.07 Å². The van der Waals surface area contributed by atoms with Gasteiger partial charge in [-0.2, -0.15) is 0 Å². The molecule has 1 aromatic carbocycles. The second kappa shape index (κ2) is 4.72. The molecular formula is C15H15N3O. The lowest BCUT2D eigenvalue weighted by atomic mass is 9.98. The van der Waals surface area contributed by atoms with Crippen molar-refractivity contribution in [2.24, 2.45) is 0 Å². The summed E-state index contributed by atoms with van der Waals surface area (Å²) in [4.78, 5) is 18.2. The summed E-state index contributed by atoms with van der Waals surface area (Å²) in [7, 11) is 0. The van der Waals surface area contributed by atoms with E-state index in [0.717, 1.165) is 24.2 Å². The SMILES string of the molecule is Nc1ccc2c(c1)CN(C(=O)c1cccnc1)CC2. The molecule has 1 amide bonds. The minimum absolute atomic E-state index is 0.0289. The average molecular weight is 253 g/mol. The number of anilines is 1. The number of hydrogen-bond acceptors (Lipinski definition) is 3. The number of benzene rings is 1. The number of hydrogen-bond donors (Lipinski definition) is 1. The van der Waals surface area contributed by atoms with E-state index in [1.807, 2.05) is 17.0 Å². The maximum absolute atomic E-state index is 12.3. The number of rotatable bonds is 1. The minimum Gasteiger partial charge on any atom is -0.399 e. The van der Waals surface area contributed by atoms with Crippen molar-refractivity contribution in [3.63, 3.8) is 0 Å². The molecule has 0 unspecified atom stereocenters. The van der Waals surface area contributed by atoms with E-state index in [0.29, 0.717) is 12.1 Å². The first kappa shape index (κ1) is 11.7. The van der Waals surface area contributed by atoms with Gasteiger partial charge in [-0.25, -0.2) is 0 Å². The smallest absolute Gasteiger partial charge is 0.255 e. The predicted molar refractivity (Wildman–Crippen MR) is 73.5 cm³/mol. The number of nitrogens with two attached hydrogens (primary N) is 1. The van der Waals surface area contributed by atoms with Crippen LogP contribution in [0.15, 0.2) is 42.7 Å². The molecule has 0 atom stereocenters. The van der Waals surface area contributed by atoms with Gasteiger partial charge in [0.05, 0.1) is 5.56 Å². The zero-order valence-corrected chi connectivity index (χ0v) is 10.5. The number of carbonyl (C=O) groups excluding carboxylic acids is 1. The summed E-state index contributed by atoms with van der Waals surface area (Å²) < 4.78 is 0. The van der Waals surface area contributed by atoms with E-state index < -0.39 is 0 Å². The Morgan fingerprint density at radius 3 is 2.95 bits per heavy atom. The van der Waals surface area contributed by atoms with Gasteiger partial charge in [0.15, 0.2) is 0 Å². The first-order valence-electron chi connectivity index (χ1n) is 6.30. The van der Waals surface area contributed by atoms with Gasteiger partial charge in [-0.15, -0.1) is 0 Å². The lowest BCUT2D eigenvalue weighted by Gasteiger charge is -2.29. The van der Waals surface area contributed by atoms with Crippen LogP contribution < -0.4 is 5.73 Å². The molecule has 1 aromatic heterocycles. The average Bonchev–Trinajstić information content (AvgIpc) is 2.46. The first-order valence-corrected chi connectivity index (χ1v) is 6.30. The summed E-state index contributed by atoms with van der Waals surface area (Å²) in [5.74, 6) is 0.0289. The van der Waals surface area contributed by atoms with E-state index in [1.165, 1.54) is 5.56 Å². The number of pyridine rings is 1. The monoisotopic (exact) mass is 253 g/mol. The third-order valence-electron chi connectivity index (χ3n) is 3.44. The van der Waals surface area contributed by atoms with Crippen molar-refractivity contribution in [2.75, 3.05) is 12.3 Å². The summed E-state index contributed by atoms with van der Waals surface area (Å²) in [6, 6.07) is 9.50. The number of aromatic nitrogens is 1. The van der Waals surface area contributed by atoms with Crippen molar-refractivity contribution in [1.82, 2.24) is 9.88 Å². The summed E-state index contributed by atoms with van der Waals surface area (Å²) >= 11 is 0. The fraction of sp³-hybridized carbons (Fsp3) is 0.200. The van der Waals surface area contributed by atoms with Crippen LogP contribution in [0.5, 0.6) is 0 Å². The lowest BCUT2D eigenvalue weighted by molar-refractivity contribution is 0.0734. The highest BCUT2D eigenvalue weighted by Gasteiger charge is 2.21. The van der Waals surface area contributed by atoms with Crippen LogP contribution in [0.25, 0.3) is 0 Å². The van der Waals surface area contributed by atoms with Gasteiger partial charge in [0, 0.05) is 31.2 Å². The van der Waals surface area contributed by atoms with Crippen LogP contribution in [0.3, 0.4) is 0 Å². The first-order chi connectivity index (χ1) is 9.24. The summed E-state index contributed by atoms with van der Waals surface area (Å²) in [6.07, 6.45) is 4.15. The van der Waals surface area contributed by atoms with Gasteiger partial charge in [0.25, 0.3) is 5.91 Å². The molecule has 0 aliphatic carbocycles. The molecule has 0 saturated carbocycles. The third-order valence-corrected chi connectivity index (χ3v) is 3.44. The number of amides is 1. The van der Waals surface area contributed by atoms with Crippen molar-refractivity contribution in [2.45, 2.75) is 13.0 Å². The fourth-order valence-electron chi connectivity index (χ4n) is 2.42. The second-order valence-corrected chi connectivity index (χ2v) is 4.75. The zero-order valence-electron chi connectivity index (χ0n) is 10.5. The Balaban J connectivity index is 1.84. The van der Waals surface area contributed by atoms with Crippen molar-refractivity contribution < 1.29 is 4.79 Å². The van der Waals surface area contributed by atoms with Gasteiger partial charge in [0.2, 0.25) is 0 Å². The van der Waals surface area contributed by atoms with Crippen LogP contribution >= 0.6 is 0 Å². The van der Waals surface area contributed by atoms with Crippen molar-refractivity contribution in [1.29, 1.82) is 0 Å². The standard InChI is InChI=1S/C15H15N3O/c16-14-4-3-11-5-7-18(10-13(11)8-14)15(19)12-2-1-6-17-9-12/h1-4,6,8-9H,5,7,10,16H2. The number of nitrogens with zero attached hydrogens (tertiary/aromatic N) is 2. The van der Waals surface area contributed by atoms with Crippen molar-refractivity contribution in [3.05, 3.63) is 59.4 Å². The van der Waals surface area contributed by atoms with E-state index in [9.17, 15) is 4.79 Å². The molecule has 4 heteroatoms. The maximum atomic E-state index is 12.3. The Bertz CT molecular complexity index is 610. The highest BCUT2D eigenvalue weighted by Crippen LogP contribution is 2.22. The van der Waals surface area contributed by atoms with Crippen LogP contribution in [0.2, 0.25) is 0 Å². The third kappa shape index (κ3) is 2.29. The minimum atomic E-state index is 0.0289. The Hall–Kier alpha value is -2.36. The fourth-order valence-corrected chi connectivity index (χ4v) is 2.42. The molecule has 96 valence electrons. The Kier molecular flexibility index (Phi) is 2.91. The zero-order chi connectivity index (χ0) is 13.2. The van der Waals surface area contributed by atoms with Crippen molar-refractivity contribution >= 4 is 11.6 Å². The number of fused-ring (bicyclic) bond motifs is 1. The predicted octanol–water partition coefficient (Wildman–Crippen LogP) is 1.86. The van der Waals surface area contributed by atoms with Crippen LogP contribution in [0.1, 0.15) is 21.5 Å². The maximum Gasteiger partial charge on any atom is 0.255 e. The van der Waals surface area contributed by atoms with Gasteiger partial charge in [-0.3, -0.25) is 9.78 Å². The molecule has 1 aliphatic heterocycles. The molecule has 2 aromatic rings. The topological polar surface area (TPSA) is 59.2 Å². The van der Waals surface area contributed by atoms with E-state index in [-0.39, 0.29) is 5.91 Å². The van der Waals surface area contributed by atoms with Crippen LogP contribution in [-0.2, 0) is 13.0 Å². The van der Waals surface area contributed by atoms with Gasteiger partial charge < -0.3 is 10.6 Å². The molecule has 3 rings (SSSR count). The molecule has 0 radical (unpaired) electrons. The Labute approximate surface area is 111 Å². The second-order valence-electron chi connectivity index (χ2n) is 4.75. The lowest BCUT2D eigenvalue weighted by Crippen LogP contribution is -2.36. The number of carbonyl (C=O) groups is 1. The molecule has 2 heterocycles. The largest absolute Gasteiger partial charge is 0.399 e. The molecule has 4 nitrogen and oxygen atoms in total. The molecule has 0 saturated heterocycles. The highest BCUT2D eigenvalue weighted by molar-refractivity contribution is 5.94. The molecule has 19 heavy (non-hydrogen) atoms. The van der Waals surface area contributed by atoms with E-state index in [4.69, 9.17) is 5.73 Å². The summed E-state index contributed by atoms with van der Waals surface area (Å²) in [5.41, 5.74) is 9.60. The van der Waals surface area contributed by atoms with E-state index in [1.54, 1.807) is 24.5 Å². The molecular weight excluding hydrogens is 238 g/mol. The molecule has 2 N–H and O–H groups in total. The van der Waals surface area contributed by atoms with Crippen molar-refractivity contribution in [3.8, 4) is 0 Å². The summed E-state index contributed by atoms with van der Waals surface area (Å²) in [6.45, 7) is 1.36. The van der Waals surface area contributed by atoms with Crippen LogP contribution in [0, 0.1) is 0 Å². The molecule has 0 spiro atoms. The molecule has 1 aliphatic rings. The van der Waals surface area contributed by atoms with Crippen LogP contribution in [0.4, 0.5) is 5.69 Å². The van der Waals surface area contributed by atoms with E-state index >= 15 is 0 Å². The number of nitrogen functional groups attached to an aromatic ring is 1. The van der Waals surface area contributed by atoms with Gasteiger partial charge in [0.1, 0.15) is 0 Å². The van der Waals surface area contributed by atoms with E-state index in [2.05, 4.69) is 11.1 Å². The van der Waals surface area contributed by atoms with Crippen LogP contribution in [-0.4, -0.2) is 22.3 Å².